The van der Waals surface area contributed by atoms with Gasteiger partial charge >= 0.3 is 178 Å². The topological polar surface area (TPSA) is 37.3 Å². The summed E-state index contributed by atoms with van der Waals surface area (Å²) in [6.07, 6.45) is 41.3. The Balaban J connectivity index is 0. The van der Waals surface area contributed by atoms with E-state index >= 15 is 0 Å². The van der Waals surface area contributed by atoms with Crippen LogP contribution in [0.4, 0.5) is 0 Å². The molecular weight excluding hydrogens is 583 g/mol. The molecule has 0 aromatic rings. The molecule has 0 saturated heterocycles. The van der Waals surface area contributed by atoms with Crippen molar-refractivity contribution in [3.63, 3.8) is 0 Å². The van der Waals surface area contributed by atoms with Crippen molar-refractivity contribution in [2.75, 3.05) is 0 Å². The molecule has 0 aliphatic heterocycles. The molecule has 39 heavy (non-hydrogen) atoms. The van der Waals surface area contributed by atoms with Crippen LogP contribution in [0, 0.1) is 0 Å². The fraction of sp³-hybridized carbons (Fsp3) is 0.972. The number of carboxylic acids is 1. The molecule has 0 rings (SSSR count). The Hall–Kier alpha value is 0.269. The number of carboxylic acid groups (broad SMARTS) is 1. The molecule has 0 aromatic carbocycles. The van der Waals surface area contributed by atoms with E-state index in [1.165, 1.54) is 161 Å². The van der Waals surface area contributed by atoms with E-state index in [0.717, 1.165) is 12.8 Å². The summed E-state index contributed by atoms with van der Waals surface area (Å²) in [6.45, 7) is 6.84. The predicted octanol–water partition coefficient (Wildman–Crippen LogP) is 13.4. The van der Waals surface area contributed by atoms with Gasteiger partial charge in [-0.3, -0.25) is 4.79 Å². The number of unbranched alkanes of at least 4 members (excludes halogenated alkanes) is 26. The molecule has 3 heteroatoms. The average molecular weight is 658 g/mol. The van der Waals surface area contributed by atoms with E-state index in [2.05, 4.69) is 20.8 Å². The van der Waals surface area contributed by atoms with Crippen LogP contribution in [0.25, 0.3) is 0 Å². The maximum absolute atomic E-state index is 10.2. The van der Waals surface area contributed by atoms with E-state index in [0.29, 0.717) is 6.42 Å². The summed E-state index contributed by atoms with van der Waals surface area (Å²) in [5.74, 6) is -0.659. The first-order valence-electron chi connectivity index (χ1n) is 18.1. The Labute approximate surface area is 258 Å². The molecule has 0 saturated carbocycles. The first-order chi connectivity index (χ1) is 19.2. The van der Waals surface area contributed by atoms with Gasteiger partial charge < -0.3 is 5.11 Å². The van der Waals surface area contributed by atoms with Crippen molar-refractivity contribution in [2.24, 2.45) is 0 Å². The van der Waals surface area contributed by atoms with Crippen LogP contribution in [0.3, 0.4) is 0 Å². The Bertz CT molecular complexity index is 404. The molecule has 0 aliphatic carbocycles. The van der Waals surface area contributed by atoms with Crippen molar-refractivity contribution < 1.29 is 9.90 Å². The maximum atomic E-state index is 10.2. The van der Waals surface area contributed by atoms with Crippen LogP contribution in [-0.2, 0) is 4.79 Å². The van der Waals surface area contributed by atoms with Crippen molar-refractivity contribution in [3.8, 4) is 0 Å². The van der Waals surface area contributed by atoms with Crippen molar-refractivity contribution in [3.05, 3.63) is 0 Å². The minimum absolute atomic E-state index is 0.0377. The van der Waals surface area contributed by atoms with E-state index in [-0.39, 0.29) is 21.1 Å². The minimum atomic E-state index is -0.659. The second-order valence-electron chi connectivity index (χ2n) is 12.1. The zero-order valence-electron chi connectivity index (χ0n) is 27.5. The molecule has 0 fully saturated rings. The van der Waals surface area contributed by atoms with Crippen LogP contribution in [0.2, 0.25) is 8.87 Å². The van der Waals surface area contributed by atoms with Crippen LogP contribution < -0.4 is 0 Å². The van der Waals surface area contributed by atoms with E-state index in [9.17, 15) is 4.79 Å². The van der Waals surface area contributed by atoms with E-state index in [1.54, 1.807) is 21.7 Å². The molecule has 0 bridgehead atoms. The summed E-state index contributed by atoms with van der Waals surface area (Å²) in [5, 5.41) is 8.41. The van der Waals surface area contributed by atoms with Crippen molar-refractivity contribution in [2.45, 2.75) is 222 Å². The summed E-state index contributed by atoms with van der Waals surface area (Å²) in [5.41, 5.74) is 0. The second kappa shape index (κ2) is 40.4. The quantitative estimate of drug-likeness (QED) is 0.0577. The normalized spacial score (nSPS) is 10.9. The molecule has 1 N–H and O–H groups in total. The zero-order chi connectivity index (χ0) is 28.9. The summed E-state index contributed by atoms with van der Waals surface area (Å²) >= 11 is 0.0377. The van der Waals surface area contributed by atoms with Crippen LogP contribution >= 0.6 is 0 Å². The Morgan fingerprint density at radius 1 is 0.385 bits per heavy atom. The second-order valence-corrected chi connectivity index (χ2v) is 16.4. The van der Waals surface area contributed by atoms with Crippen molar-refractivity contribution in [1.82, 2.24) is 0 Å². The summed E-state index contributed by atoms with van der Waals surface area (Å²) in [7, 11) is 0. The molecule has 0 unspecified atom stereocenters. The van der Waals surface area contributed by atoms with E-state index < -0.39 is 5.97 Å². The van der Waals surface area contributed by atoms with Crippen LogP contribution in [0.15, 0.2) is 0 Å². The van der Waals surface area contributed by atoms with Crippen LogP contribution in [-0.4, -0.2) is 32.2 Å². The van der Waals surface area contributed by atoms with Gasteiger partial charge in [0, 0.05) is 6.42 Å². The third-order valence-electron chi connectivity index (χ3n) is 7.91. The Kier molecular flexibility index (Phi) is 42.9. The van der Waals surface area contributed by atoms with Crippen LogP contribution in [0.5, 0.6) is 0 Å². The van der Waals surface area contributed by atoms with Gasteiger partial charge in [-0.1, -0.05) is 58.3 Å². The summed E-state index contributed by atoms with van der Waals surface area (Å²) in [6, 6.07) is 0. The number of hydrogen-bond donors (Lipinski definition) is 1. The number of hydrogen-bond acceptors (Lipinski definition) is 1. The third kappa shape index (κ3) is 45.5. The first-order valence-corrected chi connectivity index (χ1v) is 22.1. The van der Waals surface area contributed by atoms with Gasteiger partial charge in [0.05, 0.1) is 0 Å². The monoisotopic (exact) mass is 658 g/mol. The van der Waals surface area contributed by atoms with Crippen LogP contribution in [0.1, 0.15) is 213 Å². The molecular formula is C36H74O2Sn. The Morgan fingerprint density at radius 2 is 0.615 bits per heavy atom. The standard InChI is InChI=1S/C12H24O2.2C12H25.Sn/c1-2-3-4-5-6-7-8-9-10-11-12(13)14;2*1-3-5-7-9-11-12-10-8-6-4-2;/h2-11H2,1H3,(H,13,14);2*1,3-12H2,2H3;. The summed E-state index contributed by atoms with van der Waals surface area (Å²) in [4.78, 5) is 10.2. The van der Waals surface area contributed by atoms with E-state index in [4.69, 9.17) is 5.11 Å². The van der Waals surface area contributed by atoms with Gasteiger partial charge in [-0.15, -0.1) is 0 Å². The van der Waals surface area contributed by atoms with Crippen molar-refractivity contribution >= 4 is 27.1 Å². The molecule has 0 aliphatic rings. The van der Waals surface area contributed by atoms with Gasteiger partial charge in [-0.25, -0.2) is 0 Å². The first kappa shape index (κ1) is 41.4. The summed E-state index contributed by atoms with van der Waals surface area (Å²) < 4.78 is 3.33. The molecule has 0 heterocycles. The van der Waals surface area contributed by atoms with Crippen molar-refractivity contribution in [1.29, 1.82) is 0 Å². The Morgan fingerprint density at radius 3 is 0.872 bits per heavy atom. The fourth-order valence-corrected chi connectivity index (χ4v) is 8.75. The number of carbonyl (C=O) groups is 1. The molecule has 2 radical (unpaired) electrons. The molecule has 0 atom stereocenters. The number of rotatable bonds is 32. The average Bonchev–Trinajstić information content (AvgIpc) is 2.93. The number of aliphatic carboxylic acids is 1. The fourth-order valence-electron chi connectivity index (χ4n) is 5.19. The molecule has 2 nitrogen and oxygen atoms in total. The van der Waals surface area contributed by atoms with Gasteiger partial charge in [0.2, 0.25) is 0 Å². The predicted molar refractivity (Wildman–Crippen MR) is 179 cm³/mol. The van der Waals surface area contributed by atoms with Gasteiger partial charge in [-0.05, 0) is 6.42 Å². The molecule has 0 spiro atoms. The van der Waals surface area contributed by atoms with Gasteiger partial charge in [0.25, 0.3) is 0 Å². The molecule has 0 amide bonds. The molecule has 0 aromatic heterocycles. The van der Waals surface area contributed by atoms with Gasteiger partial charge in [0.15, 0.2) is 0 Å². The zero-order valence-corrected chi connectivity index (χ0v) is 30.3. The third-order valence-corrected chi connectivity index (χ3v) is 11.9. The van der Waals surface area contributed by atoms with Gasteiger partial charge in [0.1, 0.15) is 0 Å². The van der Waals surface area contributed by atoms with Gasteiger partial charge in [-0.2, -0.15) is 0 Å². The molecule has 234 valence electrons. The SMILES string of the molecule is CCCCCCCCCCCC(=O)O.CCCCCCCCCCC[CH2][Sn][CH2]CCCCCCCCCCC. The van der Waals surface area contributed by atoms with E-state index in [1.807, 2.05) is 0 Å².